The van der Waals surface area contributed by atoms with Gasteiger partial charge in [-0.05, 0) is 31.4 Å². The van der Waals surface area contributed by atoms with Crippen molar-refractivity contribution in [2.24, 2.45) is 0 Å². The fraction of sp³-hybridized carbons (Fsp3) is 0.286. The molecule has 0 spiro atoms. The SMILES string of the molecule is O=C(C[NH+]1CCCCC1)Nc1cc(Cl)cc2c1C(=O)c1ccccc1C2=O. The van der Waals surface area contributed by atoms with Crippen LogP contribution in [-0.4, -0.2) is 37.1 Å². The van der Waals surface area contributed by atoms with Crippen LogP contribution in [0.1, 0.15) is 51.1 Å². The maximum atomic E-state index is 13.0. The van der Waals surface area contributed by atoms with Crippen molar-refractivity contribution in [1.82, 2.24) is 0 Å². The van der Waals surface area contributed by atoms with E-state index < -0.39 is 0 Å². The maximum absolute atomic E-state index is 13.0. The fourth-order valence-electron chi connectivity index (χ4n) is 3.94. The predicted molar refractivity (Wildman–Crippen MR) is 103 cm³/mol. The van der Waals surface area contributed by atoms with Crippen LogP contribution in [-0.2, 0) is 4.79 Å². The molecule has 1 aliphatic carbocycles. The molecular formula is C21H20ClN2O3+. The van der Waals surface area contributed by atoms with E-state index in [1.54, 1.807) is 30.3 Å². The molecule has 2 aliphatic rings. The van der Waals surface area contributed by atoms with Crippen molar-refractivity contribution in [2.45, 2.75) is 19.3 Å². The average molecular weight is 384 g/mol. The Morgan fingerprint density at radius 1 is 0.963 bits per heavy atom. The molecule has 1 fully saturated rings. The van der Waals surface area contributed by atoms with Crippen LogP contribution in [0.3, 0.4) is 0 Å². The monoisotopic (exact) mass is 383 g/mol. The van der Waals surface area contributed by atoms with E-state index in [9.17, 15) is 14.4 Å². The summed E-state index contributed by atoms with van der Waals surface area (Å²) in [7, 11) is 0. The molecule has 0 atom stereocenters. The van der Waals surface area contributed by atoms with Crippen molar-refractivity contribution < 1.29 is 19.3 Å². The molecular weight excluding hydrogens is 364 g/mol. The van der Waals surface area contributed by atoms with E-state index in [0.717, 1.165) is 25.9 Å². The molecule has 138 valence electrons. The van der Waals surface area contributed by atoms with Crippen LogP contribution in [0, 0.1) is 0 Å². The van der Waals surface area contributed by atoms with E-state index >= 15 is 0 Å². The van der Waals surface area contributed by atoms with E-state index in [4.69, 9.17) is 11.6 Å². The summed E-state index contributed by atoms with van der Waals surface area (Å²) < 4.78 is 0. The molecule has 0 unspecified atom stereocenters. The molecule has 2 aromatic carbocycles. The highest BCUT2D eigenvalue weighted by molar-refractivity contribution is 6.35. The molecule has 0 aromatic heterocycles. The number of nitrogens with one attached hydrogen (secondary N) is 2. The lowest BCUT2D eigenvalue weighted by Gasteiger charge is -2.24. The Kier molecular flexibility index (Phi) is 4.81. The zero-order valence-corrected chi connectivity index (χ0v) is 15.6. The van der Waals surface area contributed by atoms with Crippen LogP contribution in [0.15, 0.2) is 36.4 Å². The van der Waals surface area contributed by atoms with E-state index in [2.05, 4.69) is 5.32 Å². The van der Waals surface area contributed by atoms with E-state index in [1.165, 1.54) is 17.4 Å². The minimum absolute atomic E-state index is 0.171. The summed E-state index contributed by atoms with van der Waals surface area (Å²) in [5.41, 5.74) is 1.51. The van der Waals surface area contributed by atoms with Crippen LogP contribution in [0.5, 0.6) is 0 Å². The molecule has 1 aliphatic heterocycles. The van der Waals surface area contributed by atoms with E-state index in [1.807, 2.05) is 0 Å². The third-order valence-corrected chi connectivity index (χ3v) is 5.45. The fourth-order valence-corrected chi connectivity index (χ4v) is 4.16. The molecule has 6 heteroatoms. The first-order chi connectivity index (χ1) is 13.0. The Bertz CT molecular complexity index is 948. The van der Waals surface area contributed by atoms with Gasteiger partial charge in [0.15, 0.2) is 18.1 Å². The Morgan fingerprint density at radius 3 is 2.33 bits per heavy atom. The van der Waals surface area contributed by atoms with Gasteiger partial charge in [0.2, 0.25) is 0 Å². The smallest absolute Gasteiger partial charge is 0.279 e. The third-order valence-electron chi connectivity index (χ3n) is 5.24. The number of amides is 1. The Hall–Kier alpha value is -2.50. The number of carbonyl (C=O) groups is 3. The predicted octanol–water partition coefficient (Wildman–Crippen LogP) is 2.12. The summed E-state index contributed by atoms with van der Waals surface area (Å²) in [4.78, 5) is 39.6. The average Bonchev–Trinajstić information content (AvgIpc) is 2.66. The normalized spacial score (nSPS) is 16.6. The highest BCUT2D eigenvalue weighted by atomic mass is 35.5. The lowest BCUT2D eigenvalue weighted by Crippen LogP contribution is -3.13. The van der Waals surface area contributed by atoms with Gasteiger partial charge in [-0.2, -0.15) is 0 Å². The molecule has 1 amide bonds. The third kappa shape index (κ3) is 3.40. The quantitative estimate of drug-likeness (QED) is 0.728. The first-order valence-electron chi connectivity index (χ1n) is 9.20. The number of carbonyl (C=O) groups excluding carboxylic acids is 3. The largest absolute Gasteiger partial charge is 0.327 e. The number of likely N-dealkylation sites (tertiary alicyclic amines) is 1. The summed E-state index contributed by atoms with van der Waals surface area (Å²) >= 11 is 6.18. The standard InChI is InChI=1S/C21H19ClN2O3/c22-13-10-16-19(21(27)15-7-3-2-6-14(15)20(16)26)17(11-13)23-18(25)12-24-8-4-1-5-9-24/h2-3,6-7,10-11H,1,4-5,8-9,12H2,(H,23,25)/p+1. The zero-order valence-electron chi connectivity index (χ0n) is 14.8. The molecule has 0 saturated carbocycles. The van der Waals surface area contributed by atoms with Crippen molar-refractivity contribution in [2.75, 3.05) is 25.0 Å². The van der Waals surface area contributed by atoms with Crippen LogP contribution in [0.25, 0.3) is 0 Å². The lowest BCUT2D eigenvalue weighted by atomic mass is 9.83. The van der Waals surface area contributed by atoms with Crippen molar-refractivity contribution in [3.8, 4) is 0 Å². The maximum Gasteiger partial charge on any atom is 0.279 e. The van der Waals surface area contributed by atoms with Crippen molar-refractivity contribution in [3.63, 3.8) is 0 Å². The molecule has 2 aromatic rings. The van der Waals surface area contributed by atoms with Gasteiger partial charge in [0.05, 0.1) is 24.3 Å². The van der Waals surface area contributed by atoms with Gasteiger partial charge in [-0.3, -0.25) is 14.4 Å². The van der Waals surface area contributed by atoms with Crippen LogP contribution in [0.4, 0.5) is 5.69 Å². The van der Waals surface area contributed by atoms with Crippen molar-refractivity contribution in [1.29, 1.82) is 0 Å². The number of quaternary nitrogens is 1. The highest BCUT2D eigenvalue weighted by Crippen LogP contribution is 2.34. The molecule has 27 heavy (non-hydrogen) atoms. The number of rotatable bonds is 3. The van der Waals surface area contributed by atoms with Gasteiger partial charge in [-0.15, -0.1) is 0 Å². The first kappa shape index (κ1) is 17.9. The minimum Gasteiger partial charge on any atom is -0.327 e. The highest BCUT2D eigenvalue weighted by Gasteiger charge is 2.32. The molecule has 1 saturated heterocycles. The number of piperidine rings is 1. The number of anilines is 1. The van der Waals surface area contributed by atoms with Gasteiger partial charge >= 0.3 is 0 Å². The molecule has 0 radical (unpaired) electrons. The van der Waals surface area contributed by atoms with Gasteiger partial charge in [0, 0.05) is 21.7 Å². The number of halogens is 1. The number of benzene rings is 2. The zero-order chi connectivity index (χ0) is 19.0. The van der Waals surface area contributed by atoms with E-state index in [0.29, 0.717) is 28.4 Å². The molecule has 2 N–H and O–H groups in total. The molecule has 1 heterocycles. The Balaban J connectivity index is 1.66. The summed E-state index contributed by atoms with van der Waals surface area (Å²) in [5, 5.41) is 3.14. The lowest BCUT2D eigenvalue weighted by molar-refractivity contribution is -0.896. The molecule has 4 rings (SSSR count). The van der Waals surface area contributed by atoms with Gasteiger partial charge in [-0.1, -0.05) is 35.9 Å². The summed E-state index contributed by atoms with van der Waals surface area (Å²) in [6.45, 7) is 2.30. The van der Waals surface area contributed by atoms with Gasteiger partial charge in [0.1, 0.15) is 0 Å². The molecule has 5 nitrogen and oxygen atoms in total. The number of fused-ring (bicyclic) bond motifs is 2. The van der Waals surface area contributed by atoms with Crippen molar-refractivity contribution in [3.05, 3.63) is 63.7 Å². The summed E-state index contributed by atoms with van der Waals surface area (Å²) in [5.74, 6) is -0.687. The second-order valence-corrected chi connectivity index (χ2v) is 7.55. The topological polar surface area (TPSA) is 67.7 Å². The van der Waals surface area contributed by atoms with Crippen LogP contribution in [0.2, 0.25) is 5.02 Å². The first-order valence-corrected chi connectivity index (χ1v) is 9.58. The number of ketones is 2. The second-order valence-electron chi connectivity index (χ2n) is 7.12. The number of hydrogen-bond donors (Lipinski definition) is 2. The summed E-state index contributed by atoms with van der Waals surface area (Å²) in [6.07, 6.45) is 3.46. The molecule has 0 bridgehead atoms. The van der Waals surface area contributed by atoms with Gasteiger partial charge < -0.3 is 10.2 Å². The Labute approximate surface area is 162 Å². The summed E-state index contributed by atoms with van der Waals surface area (Å²) in [6, 6.07) is 9.77. The van der Waals surface area contributed by atoms with Crippen LogP contribution >= 0.6 is 11.6 Å². The van der Waals surface area contributed by atoms with E-state index in [-0.39, 0.29) is 28.6 Å². The van der Waals surface area contributed by atoms with Crippen molar-refractivity contribution >= 4 is 34.8 Å². The minimum atomic E-state index is -0.266. The van der Waals surface area contributed by atoms with Gasteiger partial charge in [-0.25, -0.2) is 0 Å². The second kappa shape index (κ2) is 7.25. The van der Waals surface area contributed by atoms with Crippen LogP contribution < -0.4 is 10.2 Å². The van der Waals surface area contributed by atoms with Gasteiger partial charge in [0.25, 0.3) is 5.91 Å². The number of hydrogen-bond acceptors (Lipinski definition) is 3. The Morgan fingerprint density at radius 2 is 1.63 bits per heavy atom.